The Morgan fingerprint density at radius 1 is 1.43 bits per heavy atom. The zero-order chi connectivity index (χ0) is 10.3. The molecule has 0 fully saturated rings. The smallest absolute Gasteiger partial charge is 0.182 e. The standard InChI is InChI=1S/C10H12N2O2/c1-5-3-6-8(12-5)4-7(11)9(13)10(6)14-2/h3-4,12-13H,11H2,1-2H3. The Morgan fingerprint density at radius 3 is 2.79 bits per heavy atom. The molecule has 4 N–H and O–H groups in total. The average molecular weight is 192 g/mol. The van der Waals surface area contributed by atoms with Crippen LogP contribution >= 0.6 is 0 Å². The summed E-state index contributed by atoms with van der Waals surface area (Å²) in [6.45, 7) is 1.94. The van der Waals surface area contributed by atoms with Crippen LogP contribution in [0.25, 0.3) is 10.9 Å². The van der Waals surface area contributed by atoms with Gasteiger partial charge in [0.2, 0.25) is 0 Å². The number of nitrogen functional groups attached to an aromatic ring is 1. The molecule has 0 atom stereocenters. The number of anilines is 1. The summed E-state index contributed by atoms with van der Waals surface area (Å²) in [7, 11) is 1.51. The Bertz CT molecular complexity index is 488. The van der Waals surface area contributed by atoms with Crippen LogP contribution in [0.15, 0.2) is 12.1 Å². The predicted octanol–water partition coefficient (Wildman–Crippen LogP) is 1.77. The first-order valence-electron chi connectivity index (χ1n) is 4.28. The van der Waals surface area contributed by atoms with Gasteiger partial charge < -0.3 is 20.6 Å². The van der Waals surface area contributed by atoms with Crippen molar-refractivity contribution in [1.82, 2.24) is 4.98 Å². The molecule has 0 aliphatic rings. The third-order valence-corrected chi connectivity index (χ3v) is 2.22. The fourth-order valence-electron chi connectivity index (χ4n) is 1.60. The van der Waals surface area contributed by atoms with E-state index in [-0.39, 0.29) is 5.75 Å². The third kappa shape index (κ3) is 1.08. The molecule has 0 radical (unpaired) electrons. The van der Waals surface area contributed by atoms with Crippen LogP contribution in [0, 0.1) is 6.92 Å². The fourth-order valence-corrected chi connectivity index (χ4v) is 1.60. The lowest BCUT2D eigenvalue weighted by molar-refractivity contribution is 0.379. The number of aromatic amines is 1. The van der Waals surface area contributed by atoms with E-state index in [9.17, 15) is 5.11 Å². The van der Waals surface area contributed by atoms with Gasteiger partial charge in [-0.3, -0.25) is 0 Å². The summed E-state index contributed by atoms with van der Waals surface area (Å²) in [5.41, 5.74) is 7.81. The Labute approximate surface area is 81.3 Å². The Kier molecular flexibility index (Phi) is 1.77. The van der Waals surface area contributed by atoms with Crippen molar-refractivity contribution in [2.45, 2.75) is 6.92 Å². The fraction of sp³-hybridized carbons (Fsp3) is 0.200. The molecule has 0 unspecified atom stereocenters. The molecular weight excluding hydrogens is 180 g/mol. The SMILES string of the molecule is COc1c(O)c(N)cc2[nH]c(C)cc12. The largest absolute Gasteiger partial charge is 0.503 e. The molecule has 4 nitrogen and oxygen atoms in total. The molecule has 1 heterocycles. The topological polar surface area (TPSA) is 71.3 Å². The molecular formula is C10H12N2O2. The quantitative estimate of drug-likeness (QED) is 0.476. The molecule has 1 aromatic heterocycles. The zero-order valence-electron chi connectivity index (χ0n) is 8.09. The van der Waals surface area contributed by atoms with Crippen molar-refractivity contribution in [1.29, 1.82) is 0 Å². The van der Waals surface area contributed by atoms with Crippen LogP contribution in [0.4, 0.5) is 5.69 Å². The van der Waals surface area contributed by atoms with Crippen LogP contribution in [0.5, 0.6) is 11.5 Å². The highest BCUT2D eigenvalue weighted by Crippen LogP contribution is 2.39. The molecule has 0 saturated carbocycles. The molecule has 2 rings (SSSR count). The van der Waals surface area contributed by atoms with Gasteiger partial charge in [0.15, 0.2) is 11.5 Å². The number of rotatable bonds is 1. The van der Waals surface area contributed by atoms with Crippen LogP contribution in [-0.4, -0.2) is 17.2 Å². The van der Waals surface area contributed by atoms with Gasteiger partial charge in [0.1, 0.15) is 0 Å². The van der Waals surface area contributed by atoms with Gasteiger partial charge in [-0.1, -0.05) is 0 Å². The number of aryl methyl sites for hydroxylation is 1. The van der Waals surface area contributed by atoms with E-state index in [0.717, 1.165) is 16.6 Å². The minimum Gasteiger partial charge on any atom is -0.503 e. The van der Waals surface area contributed by atoms with E-state index in [1.807, 2.05) is 13.0 Å². The number of hydrogen-bond donors (Lipinski definition) is 3. The molecule has 14 heavy (non-hydrogen) atoms. The molecule has 0 aliphatic carbocycles. The van der Waals surface area contributed by atoms with Gasteiger partial charge in [0.25, 0.3) is 0 Å². The molecule has 0 spiro atoms. The number of benzene rings is 1. The van der Waals surface area contributed by atoms with E-state index in [0.29, 0.717) is 11.4 Å². The molecule has 4 heteroatoms. The van der Waals surface area contributed by atoms with E-state index < -0.39 is 0 Å². The number of aromatic nitrogens is 1. The number of hydrogen-bond acceptors (Lipinski definition) is 3. The van der Waals surface area contributed by atoms with Crippen LogP contribution in [-0.2, 0) is 0 Å². The van der Waals surface area contributed by atoms with Crippen LogP contribution in [0.1, 0.15) is 5.69 Å². The number of aromatic hydroxyl groups is 1. The molecule has 2 aromatic rings. The summed E-state index contributed by atoms with van der Waals surface area (Å²) in [6, 6.07) is 3.60. The van der Waals surface area contributed by atoms with Gasteiger partial charge in [-0.2, -0.15) is 0 Å². The first kappa shape index (κ1) is 8.74. The number of nitrogens with two attached hydrogens (primary N) is 1. The average Bonchev–Trinajstić information content (AvgIpc) is 2.47. The summed E-state index contributed by atoms with van der Waals surface area (Å²) in [5, 5.41) is 10.5. The number of nitrogens with one attached hydrogen (secondary N) is 1. The molecule has 1 aromatic carbocycles. The van der Waals surface area contributed by atoms with E-state index >= 15 is 0 Å². The maximum atomic E-state index is 9.64. The van der Waals surface area contributed by atoms with Crippen LogP contribution in [0.3, 0.4) is 0 Å². The van der Waals surface area contributed by atoms with Gasteiger partial charge >= 0.3 is 0 Å². The zero-order valence-corrected chi connectivity index (χ0v) is 8.09. The summed E-state index contributed by atoms with van der Waals surface area (Å²) in [5.74, 6) is 0.420. The maximum absolute atomic E-state index is 9.64. The van der Waals surface area contributed by atoms with Gasteiger partial charge in [0.05, 0.1) is 18.3 Å². The summed E-state index contributed by atoms with van der Waals surface area (Å²) >= 11 is 0. The highest BCUT2D eigenvalue weighted by Gasteiger charge is 2.12. The number of fused-ring (bicyclic) bond motifs is 1. The highest BCUT2D eigenvalue weighted by molar-refractivity contribution is 5.93. The lowest BCUT2D eigenvalue weighted by atomic mass is 10.2. The molecule has 74 valence electrons. The number of phenolic OH excluding ortho intramolecular Hbond substituents is 1. The normalized spacial score (nSPS) is 10.7. The van der Waals surface area contributed by atoms with E-state index in [1.54, 1.807) is 6.07 Å². The number of phenols is 1. The monoisotopic (exact) mass is 192 g/mol. The Balaban J connectivity index is 2.87. The van der Waals surface area contributed by atoms with Crippen molar-refractivity contribution in [2.24, 2.45) is 0 Å². The third-order valence-electron chi connectivity index (χ3n) is 2.22. The maximum Gasteiger partial charge on any atom is 0.182 e. The number of H-pyrrole nitrogens is 1. The van der Waals surface area contributed by atoms with E-state index in [4.69, 9.17) is 10.5 Å². The number of ether oxygens (including phenoxy) is 1. The van der Waals surface area contributed by atoms with E-state index in [2.05, 4.69) is 4.98 Å². The number of methoxy groups -OCH3 is 1. The Morgan fingerprint density at radius 2 is 2.14 bits per heavy atom. The lowest BCUT2D eigenvalue weighted by Crippen LogP contribution is -1.90. The van der Waals surface area contributed by atoms with Crippen LogP contribution in [0.2, 0.25) is 0 Å². The van der Waals surface area contributed by atoms with E-state index in [1.165, 1.54) is 7.11 Å². The Hall–Kier alpha value is -1.84. The first-order valence-corrected chi connectivity index (χ1v) is 4.28. The highest BCUT2D eigenvalue weighted by atomic mass is 16.5. The van der Waals surface area contributed by atoms with Crippen molar-refractivity contribution < 1.29 is 9.84 Å². The van der Waals surface area contributed by atoms with Crippen molar-refractivity contribution in [3.63, 3.8) is 0 Å². The molecule has 0 amide bonds. The summed E-state index contributed by atoms with van der Waals surface area (Å²) < 4.78 is 5.10. The van der Waals surface area contributed by atoms with Crippen molar-refractivity contribution in [2.75, 3.05) is 12.8 Å². The second kappa shape index (κ2) is 2.83. The van der Waals surface area contributed by atoms with Crippen LogP contribution < -0.4 is 10.5 Å². The van der Waals surface area contributed by atoms with Gasteiger partial charge in [0, 0.05) is 11.1 Å². The van der Waals surface area contributed by atoms with Gasteiger partial charge in [-0.25, -0.2) is 0 Å². The van der Waals surface area contributed by atoms with Gasteiger partial charge in [-0.15, -0.1) is 0 Å². The van der Waals surface area contributed by atoms with Gasteiger partial charge in [-0.05, 0) is 19.1 Å². The lowest BCUT2D eigenvalue weighted by Gasteiger charge is -2.06. The molecule has 0 aliphatic heterocycles. The summed E-state index contributed by atoms with van der Waals surface area (Å²) in [4.78, 5) is 3.13. The predicted molar refractivity (Wildman–Crippen MR) is 55.7 cm³/mol. The minimum absolute atomic E-state index is 0.000926. The summed E-state index contributed by atoms with van der Waals surface area (Å²) in [6.07, 6.45) is 0. The second-order valence-corrected chi connectivity index (χ2v) is 3.26. The van der Waals surface area contributed by atoms with Crippen molar-refractivity contribution >= 4 is 16.6 Å². The first-order chi connectivity index (χ1) is 6.63. The molecule has 0 saturated heterocycles. The second-order valence-electron chi connectivity index (χ2n) is 3.26. The molecule has 0 bridgehead atoms. The minimum atomic E-state index is -0.000926. The van der Waals surface area contributed by atoms with Crippen molar-refractivity contribution in [3.8, 4) is 11.5 Å². The van der Waals surface area contributed by atoms with Crippen molar-refractivity contribution in [3.05, 3.63) is 17.8 Å².